The fourth-order valence-corrected chi connectivity index (χ4v) is 4.07. The molecule has 28 heavy (non-hydrogen) atoms. The molecule has 2 aromatic carbocycles. The van der Waals surface area contributed by atoms with Crippen molar-refractivity contribution in [3.63, 3.8) is 0 Å². The van der Waals surface area contributed by atoms with Gasteiger partial charge in [0, 0.05) is 12.2 Å². The molecule has 0 aliphatic carbocycles. The van der Waals surface area contributed by atoms with Crippen molar-refractivity contribution in [3.05, 3.63) is 84.1 Å². The van der Waals surface area contributed by atoms with E-state index in [0.717, 1.165) is 23.5 Å². The lowest BCUT2D eigenvalue weighted by Gasteiger charge is -2.23. The Morgan fingerprint density at radius 3 is 2.39 bits per heavy atom. The average Bonchev–Trinajstić information content (AvgIpc) is 2.69. The summed E-state index contributed by atoms with van der Waals surface area (Å²) in [5.41, 5.74) is 4.18. The Balaban J connectivity index is 1.68. The minimum atomic E-state index is -3.46. The molecule has 6 heteroatoms. The van der Waals surface area contributed by atoms with Crippen molar-refractivity contribution in [2.75, 3.05) is 21.9 Å². The normalized spacial score (nSPS) is 11.2. The Kier molecular flexibility index (Phi) is 6.31. The average molecular weight is 396 g/mol. The lowest BCUT2D eigenvalue weighted by Crippen LogP contribution is -2.19. The van der Waals surface area contributed by atoms with Gasteiger partial charge in [-0.2, -0.15) is 0 Å². The summed E-state index contributed by atoms with van der Waals surface area (Å²) in [7, 11) is -3.46. The highest BCUT2D eigenvalue weighted by atomic mass is 32.2. The molecule has 0 unspecified atom stereocenters. The number of nitrogens with one attached hydrogen (secondary N) is 1. The Morgan fingerprint density at radius 2 is 1.75 bits per heavy atom. The molecule has 0 spiro atoms. The Labute approximate surface area is 167 Å². The van der Waals surface area contributed by atoms with Gasteiger partial charge in [0.2, 0.25) is 10.0 Å². The van der Waals surface area contributed by atoms with Crippen molar-refractivity contribution in [3.8, 4) is 0 Å². The number of benzene rings is 2. The molecule has 5 nitrogen and oxygen atoms in total. The zero-order valence-electron chi connectivity index (χ0n) is 16.2. The van der Waals surface area contributed by atoms with Gasteiger partial charge in [-0.05, 0) is 55.7 Å². The van der Waals surface area contributed by atoms with Gasteiger partial charge in [-0.1, -0.05) is 42.5 Å². The molecule has 0 saturated heterocycles. The maximum Gasteiger partial charge on any atom is 0.234 e. The smallest absolute Gasteiger partial charge is 0.234 e. The molecule has 1 aromatic heterocycles. The highest BCUT2D eigenvalue weighted by Gasteiger charge is 2.13. The van der Waals surface area contributed by atoms with Crippen molar-refractivity contribution in [1.29, 1.82) is 0 Å². The highest BCUT2D eigenvalue weighted by molar-refractivity contribution is 7.92. The first-order chi connectivity index (χ1) is 13.5. The SMILES string of the molecule is CCN(c1ccc(NS(=O)(=O)CCc2ccccc2)nc1)c1cccc(C)c1. The Morgan fingerprint density at radius 1 is 0.964 bits per heavy atom. The van der Waals surface area contributed by atoms with Gasteiger partial charge in [0.15, 0.2) is 0 Å². The fraction of sp³-hybridized carbons (Fsp3) is 0.227. The van der Waals surface area contributed by atoms with Crippen LogP contribution in [0.5, 0.6) is 0 Å². The number of aromatic nitrogens is 1. The number of aryl methyl sites for hydroxylation is 2. The minimum absolute atomic E-state index is 0.0187. The van der Waals surface area contributed by atoms with E-state index in [1.54, 1.807) is 12.3 Å². The van der Waals surface area contributed by atoms with E-state index in [9.17, 15) is 8.42 Å². The summed E-state index contributed by atoms with van der Waals surface area (Å²) in [6, 6.07) is 21.4. The van der Waals surface area contributed by atoms with Crippen LogP contribution in [0.2, 0.25) is 0 Å². The number of sulfonamides is 1. The molecular weight excluding hydrogens is 370 g/mol. The van der Waals surface area contributed by atoms with Crippen molar-refractivity contribution in [2.24, 2.45) is 0 Å². The number of anilines is 3. The molecule has 0 aliphatic rings. The van der Waals surface area contributed by atoms with Crippen molar-refractivity contribution in [1.82, 2.24) is 4.98 Å². The third kappa shape index (κ3) is 5.33. The van der Waals surface area contributed by atoms with E-state index < -0.39 is 10.0 Å². The molecule has 0 atom stereocenters. The Bertz CT molecular complexity index is 1000. The van der Waals surface area contributed by atoms with Gasteiger partial charge in [-0.15, -0.1) is 0 Å². The fourth-order valence-electron chi connectivity index (χ4n) is 3.02. The molecule has 0 saturated carbocycles. The van der Waals surface area contributed by atoms with Crippen LogP contribution < -0.4 is 9.62 Å². The molecule has 1 N–H and O–H groups in total. The molecule has 0 aliphatic heterocycles. The molecule has 1 heterocycles. The zero-order valence-corrected chi connectivity index (χ0v) is 17.0. The van der Waals surface area contributed by atoms with Crippen molar-refractivity contribution in [2.45, 2.75) is 20.3 Å². The third-order valence-electron chi connectivity index (χ3n) is 4.45. The van der Waals surface area contributed by atoms with Crippen molar-refractivity contribution >= 4 is 27.2 Å². The van der Waals surface area contributed by atoms with Gasteiger partial charge in [0.1, 0.15) is 5.82 Å². The van der Waals surface area contributed by atoms with Crippen LogP contribution in [0.1, 0.15) is 18.1 Å². The van der Waals surface area contributed by atoms with Crippen molar-refractivity contribution < 1.29 is 8.42 Å². The van der Waals surface area contributed by atoms with E-state index in [0.29, 0.717) is 12.2 Å². The van der Waals surface area contributed by atoms with Crippen LogP contribution in [0.25, 0.3) is 0 Å². The second kappa shape index (κ2) is 8.89. The van der Waals surface area contributed by atoms with E-state index in [-0.39, 0.29) is 5.75 Å². The number of hydrogen-bond acceptors (Lipinski definition) is 4. The lowest BCUT2D eigenvalue weighted by atomic mass is 10.2. The second-order valence-corrected chi connectivity index (χ2v) is 8.48. The molecule has 3 rings (SSSR count). The van der Waals surface area contributed by atoms with Gasteiger partial charge >= 0.3 is 0 Å². The van der Waals surface area contributed by atoms with Gasteiger partial charge in [0.25, 0.3) is 0 Å². The Hall–Kier alpha value is -2.86. The van der Waals surface area contributed by atoms with Crippen LogP contribution in [0.15, 0.2) is 72.9 Å². The topological polar surface area (TPSA) is 62.3 Å². The van der Waals surface area contributed by atoms with E-state index >= 15 is 0 Å². The first-order valence-electron chi connectivity index (χ1n) is 9.31. The summed E-state index contributed by atoms with van der Waals surface area (Å²) < 4.78 is 27.3. The molecule has 146 valence electrons. The monoisotopic (exact) mass is 395 g/mol. The summed E-state index contributed by atoms with van der Waals surface area (Å²) in [4.78, 5) is 6.44. The largest absolute Gasteiger partial charge is 0.341 e. The van der Waals surface area contributed by atoms with E-state index in [4.69, 9.17) is 0 Å². The number of nitrogens with zero attached hydrogens (tertiary/aromatic N) is 2. The van der Waals surface area contributed by atoms with Crippen LogP contribution >= 0.6 is 0 Å². The minimum Gasteiger partial charge on any atom is -0.341 e. The summed E-state index contributed by atoms with van der Waals surface area (Å²) in [6.45, 7) is 4.92. The molecule has 3 aromatic rings. The predicted octanol–water partition coefficient (Wildman–Crippen LogP) is 4.53. The van der Waals surface area contributed by atoms with Crippen LogP contribution in [0.4, 0.5) is 17.2 Å². The van der Waals surface area contributed by atoms with Gasteiger partial charge in [-0.25, -0.2) is 13.4 Å². The van der Waals surface area contributed by atoms with E-state index in [1.165, 1.54) is 5.56 Å². The first-order valence-corrected chi connectivity index (χ1v) is 11.0. The predicted molar refractivity (Wildman–Crippen MR) is 116 cm³/mol. The summed E-state index contributed by atoms with van der Waals surface area (Å²) in [6.07, 6.45) is 2.16. The summed E-state index contributed by atoms with van der Waals surface area (Å²) >= 11 is 0. The van der Waals surface area contributed by atoms with Crippen LogP contribution in [-0.4, -0.2) is 25.7 Å². The highest BCUT2D eigenvalue weighted by Crippen LogP contribution is 2.26. The molecular formula is C22H25N3O2S. The zero-order chi connectivity index (χ0) is 20.0. The van der Waals surface area contributed by atoms with Crippen LogP contribution in [0.3, 0.4) is 0 Å². The van der Waals surface area contributed by atoms with Crippen LogP contribution in [-0.2, 0) is 16.4 Å². The second-order valence-electron chi connectivity index (χ2n) is 6.64. The third-order valence-corrected chi connectivity index (χ3v) is 5.71. The summed E-state index contributed by atoms with van der Waals surface area (Å²) in [5.74, 6) is 0.349. The maximum absolute atomic E-state index is 12.3. The molecule has 0 fully saturated rings. The van der Waals surface area contributed by atoms with E-state index in [1.807, 2.05) is 42.5 Å². The van der Waals surface area contributed by atoms with E-state index in [2.05, 4.69) is 46.7 Å². The quantitative estimate of drug-likeness (QED) is 0.609. The number of rotatable bonds is 8. The lowest BCUT2D eigenvalue weighted by molar-refractivity contribution is 0.600. The maximum atomic E-state index is 12.3. The molecule has 0 radical (unpaired) electrons. The first kappa shape index (κ1) is 19.9. The summed E-state index contributed by atoms with van der Waals surface area (Å²) in [5, 5.41) is 0. The van der Waals surface area contributed by atoms with Gasteiger partial charge in [0.05, 0.1) is 17.6 Å². The molecule has 0 amide bonds. The van der Waals surface area contributed by atoms with Gasteiger partial charge < -0.3 is 4.90 Å². The standard InChI is InChI=1S/C22H25N3O2S/c1-3-25(20-11-7-8-18(2)16-20)21-12-13-22(23-17-21)24-28(26,27)15-14-19-9-5-4-6-10-19/h4-13,16-17H,3,14-15H2,1-2H3,(H,23,24). The number of pyridine rings is 1. The number of hydrogen-bond donors (Lipinski definition) is 1. The van der Waals surface area contributed by atoms with Gasteiger partial charge in [-0.3, -0.25) is 4.72 Å². The molecule has 0 bridgehead atoms. The van der Waals surface area contributed by atoms with Crippen LogP contribution in [0, 0.1) is 6.92 Å².